The lowest BCUT2D eigenvalue weighted by Crippen LogP contribution is -2.55. The van der Waals surface area contributed by atoms with E-state index in [-0.39, 0.29) is 37.2 Å². The maximum atomic E-state index is 14.6. The Bertz CT molecular complexity index is 2080. The number of nitrogens with one attached hydrogen (secondary N) is 1. The SMILES string of the molecule is COc1ccc(CN2CCCCC/C=C\[C@@H]3C[C@@]3(C(=O)O)NC(=O)[C@@H]3C[C@@H](Oc4nc(-c5ccc(F)cc5)nc5c(C)c(OC)ccc45)CN3C2=O)cc1. The van der Waals surface area contributed by atoms with Crippen LogP contribution in [0.25, 0.3) is 22.3 Å². The average Bonchev–Trinajstić information content (AvgIpc) is 3.71. The van der Waals surface area contributed by atoms with Crippen LogP contribution in [0.15, 0.2) is 72.8 Å². The zero-order valence-corrected chi connectivity index (χ0v) is 30.6. The first kappa shape index (κ1) is 36.6. The van der Waals surface area contributed by atoms with Gasteiger partial charge < -0.3 is 34.4 Å². The molecule has 4 aromatic rings. The van der Waals surface area contributed by atoms with Gasteiger partial charge in [-0.2, -0.15) is 4.98 Å². The van der Waals surface area contributed by atoms with Crippen LogP contribution in [0.5, 0.6) is 17.4 Å². The number of hydrogen-bond acceptors (Lipinski definition) is 8. The van der Waals surface area contributed by atoms with Crippen LogP contribution in [0.2, 0.25) is 0 Å². The van der Waals surface area contributed by atoms with E-state index >= 15 is 0 Å². The Morgan fingerprint density at radius 1 is 1.00 bits per heavy atom. The Hall–Kier alpha value is -5.72. The van der Waals surface area contributed by atoms with Crippen LogP contribution in [0, 0.1) is 18.7 Å². The number of allylic oxidation sites excluding steroid dienone is 1. The van der Waals surface area contributed by atoms with Gasteiger partial charge in [0.05, 0.1) is 31.7 Å². The molecular weight excluding hydrogens is 693 g/mol. The van der Waals surface area contributed by atoms with E-state index in [1.54, 1.807) is 43.4 Å². The number of aromatic nitrogens is 2. The number of ether oxygens (including phenoxy) is 3. The van der Waals surface area contributed by atoms with Gasteiger partial charge in [-0.25, -0.2) is 19.0 Å². The van der Waals surface area contributed by atoms with Gasteiger partial charge in [0.2, 0.25) is 11.8 Å². The Labute approximate surface area is 312 Å². The molecule has 0 radical (unpaired) electrons. The molecule has 2 fully saturated rings. The van der Waals surface area contributed by atoms with E-state index in [0.717, 1.165) is 36.8 Å². The number of carboxylic acid groups (broad SMARTS) is 1. The predicted octanol–water partition coefficient (Wildman–Crippen LogP) is 6.30. The van der Waals surface area contributed by atoms with Crippen LogP contribution in [-0.4, -0.2) is 87.8 Å². The molecule has 12 nitrogen and oxygen atoms in total. The van der Waals surface area contributed by atoms with Crippen molar-refractivity contribution in [3.63, 3.8) is 0 Å². The zero-order chi connectivity index (χ0) is 38.0. The summed E-state index contributed by atoms with van der Waals surface area (Å²) in [5, 5.41) is 13.7. The first-order chi connectivity index (χ1) is 26.1. The van der Waals surface area contributed by atoms with Crippen molar-refractivity contribution in [2.45, 2.75) is 69.7 Å². The molecule has 3 aromatic carbocycles. The number of fused-ring (bicyclic) bond motifs is 3. The molecule has 13 heteroatoms. The number of hydrogen-bond donors (Lipinski definition) is 2. The number of carbonyl (C=O) groups excluding carboxylic acids is 2. The van der Waals surface area contributed by atoms with Crippen LogP contribution >= 0.6 is 0 Å². The molecule has 1 saturated carbocycles. The van der Waals surface area contributed by atoms with Crippen LogP contribution in [-0.2, 0) is 16.1 Å². The van der Waals surface area contributed by atoms with E-state index in [2.05, 4.69) is 5.32 Å². The number of carboxylic acids is 1. The molecule has 3 amide bonds. The van der Waals surface area contributed by atoms with Crippen LogP contribution in [0.4, 0.5) is 9.18 Å². The first-order valence-electron chi connectivity index (χ1n) is 18.3. The minimum atomic E-state index is -1.44. The highest BCUT2D eigenvalue weighted by Crippen LogP contribution is 2.45. The summed E-state index contributed by atoms with van der Waals surface area (Å²) in [6.45, 7) is 2.69. The highest BCUT2D eigenvalue weighted by atomic mass is 19.1. The average molecular weight is 738 g/mol. The number of methoxy groups -OCH3 is 2. The number of urea groups is 1. The molecule has 4 atom stereocenters. The van der Waals surface area contributed by atoms with E-state index in [4.69, 9.17) is 24.2 Å². The van der Waals surface area contributed by atoms with Gasteiger partial charge in [0, 0.05) is 36.6 Å². The molecule has 2 N–H and O–H groups in total. The topological polar surface area (TPSA) is 143 Å². The predicted molar refractivity (Wildman–Crippen MR) is 199 cm³/mol. The number of amides is 3. The number of rotatable bonds is 8. The lowest BCUT2D eigenvalue weighted by atomic mass is 10.1. The van der Waals surface area contributed by atoms with Gasteiger partial charge >= 0.3 is 12.0 Å². The van der Waals surface area contributed by atoms with E-state index < -0.39 is 35.4 Å². The number of aliphatic carboxylic acids is 1. The van der Waals surface area contributed by atoms with Crippen molar-refractivity contribution in [3.05, 3.63) is 89.8 Å². The molecule has 3 aliphatic rings. The normalized spacial score (nSPS) is 23.7. The molecule has 0 unspecified atom stereocenters. The Kier molecular flexibility index (Phi) is 10.4. The monoisotopic (exact) mass is 737 g/mol. The minimum absolute atomic E-state index is 0.0476. The molecule has 0 bridgehead atoms. The fourth-order valence-electron chi connectivity index (χ4n) is 7.47. The fourth-order valence-corrected chi connectivity index (χ4v) is 7.47. The molecule has 0 spiro atoms. The van der Waals surface area contributed by atoms with Crippen molar-refractivity contribution in [2.75, 3.05) is 27.3 Å². The molecule has 54 heavy (non-hydrogen) atoms. The van der Waals surface area contributed by atoms with Gasteiger partial charge in [-0.15, -0.1) is 0 Å². The van der Waals surface area contributed by atoms with Crippen LogP contribution in [0.1, 0.15) is 49.7 Å². The smallest absolute Gasteiger partial charge is 0.330 e. The van der Waals surface area contributed by atoms with E-state index in [0.29, 0.717) is 46.9 Å². The summed E-state index contributed by atoms with van der Waals surface area (Å²) in [7, 11) is 3.17. The third-order valence-electron chi connectivity index (χ3n) is 10.7. The van der Waals surface area contributed by atoms with Crippen molar-refractivity contribution in [3.8, 4) is 28.8 Å². The van der Waals surface area contributed by atoms with Gasteiger partial charge in [-0.3, -0.25) is 4.79 Å². The second-order valence-electron chi connectivity index (χ2n) is 14.2. The Balaban J connectivity index is 1.24. The van der Waals surface area contributed by atoms with E-state index in [1.165, 1.54) is 17.0 Å². The molecule has 2 aliphatic heterocycles. The van der Waals surface area contributed by atoms with E-state index in [1.807, 2.05) is 43.3 Å². The molecular formula is C41H44FN5O7. The number of nitrogens with zero attached hydrogens (tertiary/aromatic N) is 4. The lowest BCUT2D eigenvalue weighted by Gasteiger charge is -2.32. The molecule has 3 heterocycles. The highest BCUT2D eigenvalue weighted by molar-refractivity contribution is 5.95. The van der Waals surface area contributed by atoms with Gasteiger partial charge in [0.1, 0.15) is 35.0 Å². The summed E-state index contributed by atoms with van der Waals surface area (Å²) in [5.41, 5.74) is 1.35. The lowest BCUT2D eigenvalue weighted by molar-refractivity contribution is -0.144. The largest absolute Gasteiger partial charge is 0.497 e. The maximum Gasteiger partial charge on any atom is 0.330 e. The van der Waals surface area contributed by atoms with Crippen molar-refractivity contribution in [2.24, 2.45) is 5.92 Å². The standard InChI is InChI=1S/C41H44FN5O7/c1-25-34(53-3)19-18-32-35(25)43-36(27-12-14-29(42)15-13-27)44-38(32)54-31-21-33-37(48)45-41(39(49)50)22-28(41)9-7-5-4-6-8-20-46(40(51)47(33)24-31)23-26-10-16-30(52-2)17-11-26/h7,9-19,28,31,33H,4-6,8,20-24H2,1-3H3,(H,45,48)(H,49,50)/b9-7-/t28-,31-,33+,41-/m1/s1. The van der Waals surface area contributed by atoms with Crippen molar-refractivity contribution in [1.82, 2.24) is 25.1 Å². The van der Waals surface area contributed by atoms with Crippen LogP contribution < -0.4 is 19.5 Å². The third-order valence-corrected chi connectivity index (χ3v) is 10.7. The summed E-state index contributed by atoms with van der Waals surface area (Å²) >= 11 is 0. The molecule has 1 aromatic heterocycles. The molecule has 282 valence electrons. The summed E-state index contributed by atoms with van der Waals surface area (Å²) in [4.78, 5) is 54.2. The van der Waals surface area contributed by atoms with Gasteiger partial charge in [-0.05, 0) is 86.7 Å². The summed E-state index contributed by atoms with van der Waals surface area (Å²) in [5.74, 6) is -0.545. The summed E-state index contributed by atoms with van der Waals surface area (Å²) in [6.07, 6.45) is 6.87. The molecule has 7 rings (SSSR count). The van der Waals surface area contributed by atoms with Gasteiger partial charge in [-0.1, -0.05) is 30.7 Å². The highest BCUT2D eigenvalue weighted by Gasteiger charge is 2.61. The van der Waals surface area contributed by atoms with Gasteiger partial charge in [0.15, 0.2) is 5.82 Å². The number of aryl methyl sites for hydroxylation is 1. The molecule has 1 aliphatic carbocycles. The Morgan fingerprint density at radius 3 is 2.50 bits per heavy atom. The third kappa shape index (κ3) is 7.39. The molecule has 1 saturated heterocycles. The first-order valence-corrected chi connectivity index (χ1v) is 18.3. The van der Waals surface area contributed by atoms with Crippen molar-refractivity contribution in [1.29, 1.82) is 0 Å². The maximum absolute atomic E-state index is 14.6. The summed E-state index contributed by atoms with van der Waals surface area (Å²) < 4.78 is 31.4. The Morgan fingerprint density at radius 2 is 1.78 bits per heavy atom. The number of halogens is 1. The summed E-state index contributed by atoms with van der Waals surface area (Å²) in [6, 6.07) is 15.6. The van der Waals surface area contributed by atoms with Crippen molar-refractivity contribution < 1.29 is 38.1 Å². The second-order valence-corrected chi connectivity index (χ2v) is 14.2. The van der Waals surface area contributed by atoms with Gasteiger partial charge in [0.25, 0.3) is 0 Å². The van der Waals surface area contributed by atoms with Crippen molar-refractivity contribution >= 4 is 28.8 Å². The van der Waals surface area contributed by atoms with Crippen LogP contribution in [0.3, 0.4) is 0 Å². The second kappa shape index (κ2) is 15.3. The number of benzene rings is 3. The minimum Gasteiger partial charge on any atom is -0.497 e. The zero-order valence-electron chi connectivity index (χ0n) is 30.6. The fraction of sp³-hybridized carbons (Fsp3) is 0.390. The number of carbonyl (C=O) groups is 3. The quantitative estimate of drug-likeness (QED) is 0.199. The van der Waals surface area contributed by atoms with E-state index in [9.17, 15) is 23.9 Å².